The number of nitrogens with one attached hydrogen (secondary N) is 2. The number of carbonyl (C=O) groups excluding carboxylic acids is 1. The molecular weight excluding hydrogens is 326 g/mol. The molecule has 0 saturated carbocycles. The lowest BCUT2D eigenvalue weighted by Crippen LogP contribution is -2.50. The van der Waals surface area contributed by atoms with Gasteiger partial charge < -0.3 is 20.4 Å². The summed E-state index contributed by atoms with van der Waals surface area (Å²) >= 11 is 0. The Bertz CT molecular complexity index is 622. The molecule has 0 aliphatic carbocycles. The average molecular weight is 360 g/mol. The first-order chi connectivity index (χ1) is 12.3. The Hall–Kier alpha value is -2.08. The highest BCUT2D eigenvalue weighted by atomic mass is 16.2. The van der Waals surface area contributed by atoms with E-state index in [1.807, 2.05) is 17.0 Å². The quantitative estimate of drug-likeness (QED) is 0.579. The first-order valence-corrected chi connectivity index (χ1v) is 9.42. The second-order valence-corrected chi connectivity index (χ2v) is 7.57. The SMILES string of the molecule is CCNC(=NCc1ccc(N2CCCC2=O)cc1)NCC(C)(C)N(C)C. The zero-order valence-corrected chi connectivity index (χ0v) is 16.8. The molecule has 0 atom stereocenters. The second-order valence-electron chi connectivity index (χ2n) is 7.57. The van der Waals surface area contributed by atoms with Crippen LogP contribution in [-0.4, -0.2) is 56.0 Å². The fourth-order valence-corrected chi connectivity index (χ4v) is 2.67. The van der Waals surface area contributed by atoms with Crippen molar-refractivity contribution in [2.75, 3.05) is 38.6 Å². The molecule has 0 aromatic heterocycles. The number of likely N-dealkylation sites (N-methyl/N-ethyl adjacent to an activating group) is 1. The van der Waals surface area contributed by atoms with E-state index in [9.17, 15) is 4.79 Å². The predicted octanol–water partition coefficient (Wildman–Crippen LogP) is 2.21. The van der Waals surface area contributed by atoms with E-state index < -0.39 is 0 Å². The first kappa shape index (κ1) is 20.2. The van der Waals surface area contributed by atoms with Crippen molar-refractivity contribution in [2.24, 2.45) is 4.99 Å². The molecule has 1 heterocycles. The highest BCUT2D eigenvalue weighted by molar-refractivity contribution is 5.95. The predicted molar refractivity (Wildman–Crippen MR) is 109 cm³/mol. The van der Waals surface area contributed by atoms with Crippen LogP contribution in [0.1, 0.15) is 39.2 Å². The second kappa shape index (κ2) is 9.03. The number of guanidine groups is 1. The maximum atomic E-state index is 11.8. The van der Waals surface area contributed by atoms with Crippen LogP contribution in [0.25, 0.3) is 0 Å². The molecule has 144 valence electrons. The minimum Gasteiger partial charge on any atom is -0.357 e. The summed E-state index contributed by atoms with van der Waals surface area (Å²) in [5, 5.41) is 6.71. The standard InChI is InChI=1S/C20H33N5O/c1-6-21-19(23-15-20(2,3)24(4)5)22-14-16-9-11-17(12-10-16)25-13-7-8-18(25)26/h9-12H,6-8,13-15H2,1-5H3,(H2,21,22,23). The Balaban J connectivity index is 1.97. The van der Waals surface area contributed by atoms with Crippen LogP contribution in [0.4, 0.5) is 5.69 Å². The smallest absolute Gasteiger partial charge is 0.227 e. The minimum atomic E-state index is 0.0418. The lowest BCUT2D eigenvalue weighted by atomic mass is 10.0. The Morgan fingerprint density at radius 1 is 1.23 bits per heavy atom. The van der Waals surface area contributed by atoms with Gasteiger partial charge in [0.05, 0.1) is 6.54 Å². The van der Waals surface area contributed by atoms with Gasteiger partial charge in [-0.2, -0.15) is 0 Å². The van der Waals surface area contributed by atoms with Crippen molar-refractivity contribution in [1.82, 2.24) is 15.5 Å². The molecule has 1 fully saturated rings. The first-order valence-electron chi connectivity index (χ1n) is 9.42. The zero-order chi connectivity index (χ0) is 19.2. The highest BCUT2D eigenvalue weighted by Gasteiger charge is 2.21. The summed E-state index contributed by atoms with van der Waals surface area (Å²) in [6, 6.07) is 8.14. The van der Waals surface area contributed by atoms with Crippen LogP contribution in [0.2, 0.25) is 0 Å². The van der Waals surface area contributed by atoms with Gasteiger partial charge in [-0.05, 0) is 59.0 Å². The van der Waals surface area contributed by atoms with Crippen LogP contribution in [-0.2, 0) is 11.3 Å². The Kier molecular flexibility index (Phi) is 7.03. The highest BCUT2D eigenvalue weighted by Crippen LogP contribution is 2.21. The van der Waals surface area contributed by atoms with Crippen molar-refractivity contribution < 1.29 is 4.79 Å². The Morgan fingerprint density at radius 3 is 2.46 bits per heavy atom. The summed E-state index contributed by atoms with van der Waals surface area (Å²) in [7, 11) is 4.16. The van der Waals surface area contributed by atoms with E-state index in [-0.39, 0.29) is 11.4 Å². The zero-order valence-electron chi connectivity index (χ0n) is 16.8. The Labute approximate surface area is 157 Å². The molecule has 1 amide bonds. The molecule has 6 heteroatoms. The van der Waals surface area contributed by atoms with Gasteiger partial charge in [0.25, 0.3) is 0 Å². The fraction of sp³-hybridized carbons (Fsp3) is 0.600. The van der Waals surface area contributed by atoms with Gasteiger partial charge in [-0.15, -0.1) is 0 Å². The lowest BCUT2D eigenvalue weighted by Gasteiger charge is -2.33. The van der Waals surface area contributed by atoms with Crippen molar-refractivity contribution in [3.8, 4) is 0 Å². The Morgan fingerprint density at radius 2 is 1.92 bits per heavy atom. The van der Waals surface area contributed by atoms with Gasteiger partial charge in [0, 0.05) is 37.3 Å². The topological polar surface area (TPSA) is 60.0 Å². The third kappa shape index (κ3) is 5.46. The molecule has 1 aromatic carbocycles. The van der Waals surface area contributed by atoms with Crippen LogP contribution in [0, 0.1) is 0 Å². The van der Waals surface area contributed by atoms with Crippen molar-refractivity contribution >= 4 is 17.6 Å². The molecule has 0 bridgehead atoms. The van der Waals surface area contributed by atoms with E-state index in [4.69, 9.17) is 0 Å². The third-order valence-corrected chi connectivity index (χ3v) is 4.98. The molecule has 1 saturated heterocycles. The van der Waals surface area contributed by atoms with Crippen LogP contribution < -0.4 is 15.5 Å². The molecule has 0 radical (unpaired) electrons. The summed E-state index contributed by atoms with van der Waals surface area (Å²) in [4.78, 5) is 20.6. The molecule has 26 heavy (non-hydrogen) atoms. The normalized spacial score (nSPS) is 15.7. The summed E-state index contributed by atoms with van der Waals surface area (Å²) in [6.07, 6.45) is 1.61. The molecule has 1 aliphatic heterocycles. The molecule has 6 nitrogen and oxygen atoms in total. The van der Waals surface area contributed by atoms with Crippen molar-refractivity contribution in [3.05, 3.63) is 29.8 Å². The number of hydrogen-bond acceptors (Lipinski definition) is 3. The van der Waals surface area contributed by atoms with Crippen LogP contribution in [0.3, 0.4) is 0 Å². The molecular formula is C20H33N5O. The van der Waals surface area contributed by atoms with Crippen LogP contribution in [0.15, 0.2) is 29.3 Å². The van der Waals surface area contributed by atoms with Crippen LogP contribution in [0.5, 0.6) is 0 Å². The van der Waals surface area contributed by atoms with Gasteiger partial charge in [-0.1, -0.05) is 12.1 Å². The van der Waals surface area contributed by atoms with E-state index in [1.54, 1.807) is 0 Å². The molecule has 2 N–H and O–H groups in total. The van der Waals surface area contributed by atoms with Crippen molar-refractivity contribution in [2.45, 2.75) is 45.7 Å². The van der Waals surface area contributed by atoms with Gasteiger partial charge in [0.1, 0.15) is 0 Å². The lowest BCUT2D eigenvalue weighted by molar-refractivity contribution is -0.117. The van der Waals surface area contributed by atoms with Crippen molar-refractivity contribution in [1.29, 1.82) is 0 Å². The van der Waals surface area contributed by atoms with E-state index >= 15 is 0 Å². The summed E-state index contributed by atoms with van der Waals surface area (Å²) < 4.78 is 0. The molecule has 2 rings (SSSR count). The van der Waals surface area contributed by atoms with Gasteiger partial charge in [-0.3, -0.25) is 4.79 Å². The number of amides is 1. The molecule has 1 aromatic rings. The maximum Gasteiger partial charge on any atom is 0.227 e. The molecule has 0 spiro atoms. The van der Waals surface area contributed by atoms with Crippen LogP contribution >= 0.6 is 0 Å². The monoisotopic (exact) mass is 359 g/mol. The van der Waals surface area contributed by atoms with Gasteiger partial charge in [-0.25, -0.2) is 4.99 Å². The number of rotatable bonds is 7. The minimum absolute atomic E-state index is 0.0418. The number of benzene rings is 1. The summed E-state index contributed by atoms with van der Waals surface area (Å²) in [6.45, 7) is 9.52. The van der Waals surface area contributed by atoms with Crippen molar-refractivity contribution in [3.63, 3.8) is 0 Å². The van der Waals surface area contributed by atoms with E-state index in [0.717, 1.165) is 43.3 Å². The van der Waals surface area contributed by atoms with Gasteiger partial charge in [0.15, 0.2) is 5.96 Å². The molecule has 0 unspecified atom stereocenters. The summed E-state index contributed by atoms with van der Waals surface area (Å²) in [5.41, 5.74) is 2.16. The number of aliphatic imine (C=N–C) groups is 1. The largest absolute Gasteiger partial charge is 0.357 e. The van der Waals surface area contributed by atoms with E-state index in [0.29, 0.717) is 13.0 Å². The number of carbonyl (C=O) groups is 1. The summed E-state index contributed by atoms with van der Waals surface area (Å²) in [5.74, 6) is 1.04. The number of nitrogens with zero attached hydrogens (tertiary/aromatic N) is 3. The number of anilines is 1. The molecule has 1 aliphatic rings. The number of hydrogen-bond donors (Lipinski definition) is 2. The average Bonchev–Trinajstić information content (AvgIpc) is 3.04. The maximum absolute atomic E-state index is 11.8. The third-order valence-electron chi connectivity index (χ3n) is 4.98. The van der Waals surface area contributed by atoms with E-state index in [1.165, 1.54) is 0 Å². The van der Waals surface area contributed by atoms with Gasteiger partial charge in [0.2, 0.25) is 5.91 Å². The van der Waals surface area contributed by atoms with E-state index in [2.05, 4.69) is 67.5 Å². The fourth-order valence-electron chi connectivity index (χ4n) is 2.67. The van der Waals surface area contributed by atoms with Gasteiger partial charge >= 0.3 is 0 Å².